The highest BCUT2D eigenvalue weighted by Crippen LogP contribution is 2.42. The SMILES string of the molecule is CNc1nc(N)nc2c1ncn2C[C@@H]1O[C@](F)(CO)[C@@H](O)[C@@]1(C)F. The zero-order valence-electron chi connectivity index (χ0n) is 13.1. The van der Waals surface area contributed by atoms with E-state index < -0.39 is 30.3 Å². The topological polar surface area (TPSA) is 131 Å². The van der Waals surface area contributed by atoms with Crippen LogP contribution < -0.4 is 11.1 Å². The van der Waals surface area contributed by atoms with Gasteiger partial charge in [-0.2, -0.15) is 9.97 Å². The molecule has 0 aliphatic carbocycles. The quantitative estimate of drug-likeness (QED) is 0.589. The first-order valence-electron chi connectivity index (χ1n) is 7.23. The number of nitrogens with one attached hydrogen (secondary N) is 1. The summed E-state index contributed by atoms with van der Waals surface area (Å²) in [6.45, 7) is -0.333. The zero-order chi connectivity index (χ0) is 17.7. The lowest BCUT2D eigenvalue weighted by atomic mass is 9.94. The third-order valence-corrected chi connectivity index (χ3v) is 4.21. The third-order valence-electron chi connectivity index (χ3n) is 4.21. The number of anilines is 2. The molecule has 2 aromatic rings. The van der Waals surface area contributed by atoms with Crippen molar-refractivity contribution >= 4 is 22.9 Å². The van der Waals surface area contributed by atoms with E-state index in [1.807, 2.05) is 0 Å². The van der Waals surface area contributed by atoms with Crippen LogP contribution in [0, 0.1) is 0 Å². The summed E-state index contributed by atoms with van der Waals surface area (Å²) in [4.78, 5) is 12.2. The second kappa shape index (κ2) is 5.46. The summed E-state index contributed by atoms with van der Waals surface area (Å²) in [6.07, 6.45) is -2.12. The molecule has 3 heterocycles. The Kier molecular flexibility index (Phi) is 3.81. The monoisotopic (exact) mass is 344 g/mol. The Hall–Kier alpha value is -2.11. The molecule has 1 fully saturated rings. The van der Waals surface area contributed by atoms with Crippen LogP contribution in [0.3, 0.4) is 0 Å². The zero-order valence-corrected chi connectivity index (χ0v) is 13.1. The Balaban J connectivity index is 1.97. The Morgan fingerprint density at radius 1 is 1.46 bits per heavy atom. The van der Waals surface area contributed by atoms with E-state index in [0.717, 1.165) is 6.92 Å². The molecule has 1 aliphatic heterocycles. The van der Waals surface area contributed by atoms with Crippen molar-refractivity contribution in [2.75, 3.05) is 24.7 Å². The van der Waals surface area contributed by atoms with Gasteiger partial charge in [-0.25, -0.2) is 13.8 Å². The Labute approximate surface area is 135 Å². The Bertz CT molecular complexity index is 769. The molecule has 9 nitrogen and oxygen atoms in total. The molecule has 24 heavy (non-hydrogen) atoms. The molecule has 0 radical (unpaired) electrons. The van der Waals surface area contributed by atoms with Crippen LogP contribution in [-0.2, 0) is 11.3 Å². The number of fused-ring (bicyclic) bond motifs is 1. The average Bonchev–Trinajstić information content (AvgIpc) is 3.01. The number of aliphatic hydroxyl groups excluding tert-OH is 2. The van der Waals surface area contributed by atoms with Crippen molar-refractivity contribution < 1.29 is 23.7 Å². The summed E-state index contributed by atoms with van der Waals surface area (Å²) in [6, 6.07) is 0. The number of rotatable bonds is 4. The summed E-state index contributed by atoms with van der Waals surface area (Å²) < 4.78 is 35.4. The highest BCUT2D eigenvalue weighted by Gasteiger charge is 2.63. The second-order valence-corrected chi connectivity index (χ2v) is 5.85. The van der Waals surface area contributed by atoms with Crippen LogP contribution in [-0.4, -0.2) is 67.1 Å². The van der Waals surface area contributed by atoms with E-state index in [9.17, 15) is 13.9 Å². The number of hydrogen-bond acceptors (Lipinski definition) is 8. The van der Waals surface area contributed by atoms with Crippen LogP contribution in [0.25, 0.3) is 11.2 Å². The molecule has 11 heteroatoms. The van der Waals surface area contributed by atoms with Gasteiger partial charge in [-0.05, 0) is 6.92 Å². The lowest BCUT2D eigenvalue weighted by Crippen LogP contribution is -2.47. The van der Waals surface area contributed by atoms with Gasteiger partial charge in [0, 0.05) is 7.05 Å². The van der Waals surface area contributed by atoms with E-state index >= 15 is 0 Å². The van der Waals surface area contributed by atoms with Crippen LogP contribution in [0.4, 0.5) is 20.5 Å². The standard InChI is InChI=1S/C13H18F2N6O3/c1-12(14)6(24-13(15,4-22)10(12)23)3-21-5-18-7-8(17-2)19-11(16)20-9(7)21/h5-6,10,22-23H,3-4H2,1-2H3,(H3,16,17,19,20)/t6-,10-,12-,13+/m0/s1. The van der Waals surface area contributed by atoms with E-state index in [1.165, 1.54) is 10.9 Å². The number of nitrogens with zero attached hydrogens (tertiary/aromatic N) is 4. The van der Waals surface area contributed by atoms with E-state index in [0.29, 0.717) is 17.0 Å². The minimum Gasteiger partial charge on any atom is -0.390 e. The second-order valence-electron chi connectivity index (χ2n) is 5.85. The Morgan fingerprint density at radius 2 is 2.17 bits per heavy atom. The normalized spacial score (nSPS) is 33.2. The number of ether oxygens (including phenoxy) is 1. The number of imidazole rings is 1. The molecular formula is C13H18F2N6O3. The average molecular weight is 344 g/mol. The van der Waals surface area contributed by atoms with Crippen molar-refractivity contribution in [1.29, 1.82) is 0 Å². The van der Waals surface area contributed by atoms with Gasteiger partial charge in [-0.3, -0.25) is 0 Å². The van der Waals surface area contributed by atoms with Crippen molar-refractivity contribution in [2.24, 2.45) is 0 Å². The summed E-state index contributed by atoms with van der Waals surface area (Å²) in [7, 11) is 1.63. The molecule has 132 valence electrons. The van der Waals surface area contributed by atoms with Gasteiger partial charge in [0.1, 0.15) is 12.7 Å². The minimum atomic E-state index is -2.87. The van der Waals surface area contributed by atoms with Gasteiger partial charge in [0.2, 0.25) is 5.95 Å². The molecule has 0 spiro atoms. The van der Waals surface area contributed by atoms with Crippen LogP contribution >= 0.6 is 0 Å². The molecule has 0 aromatic carbocycles. The van der Waals surface area contributed by atoms with Crippen molar-refractivity contribution in [3.63, 3.8) is 0 Å². The predicted octanol–water partition coefficient (Wildman–Crippen LogP) is -0.404. The number of alkyl halides is 2. The molecule has 1 aliphatic rings. The van der Waals surface area contributed by atoms with Crippen molar-refractivity contribution in [3.8, 4) is 0 Å². The maximum atomic E-state index is 14.7. The van der Waals surface area contributed by atoms with Crippen molar-refractivity contribution in [2.45, 2.75) is 37.2 Å². The van der Waals surface area contributed by atoms with Gasteiger partial charge >= 0.3 is 0 Å². The summed E-state index contributed by atoms with van der Waals surface area (Å²) in [5.41, 5.74) is 3.93. The first-order chi connectivity index (χ1) is 11.2. The van der Waals surface area contributed by atoms with Gasteiger partial charge in [-0.1, -0.05) is 0 Å². The molecule has 0 bridgehead atoms. The van der Waals surface area contributed by atoms with Gasteiger partial charge < -0.3 is 30.6 Å². The molecule has 0 saturated carbocycles. The molecule has 3 rings (SSSR count). The Morgan fingerprint density at radius 3 is 2.75 bits per heavy atom. The molecule has 1 saturated heterocycles. The fourth-order valence-corrected chi connectivity index (χ4v) is 2.80. The van der Waals surface area contributed by atoms with Crippen LogP contribution in [0.5, 0.6) is 0 Å². The number of halogens is 2. The van der Waals surface area contributed by atoms with Gasteiger partial charge in [0.05, 0.1) is 12.9 Å². The number of nitrogens with two attached hydrogens (primary N) is 1. The molecular weight excluding hydrogens is 326 g/mol. The van der Waals surface area contributed by atoms with E-state index in [1.54, 1.807) is 7.05 Å². The fraction of sp³-hybridized carbons (Fsp3) is 0.615. The summed E-state index contributed by atoms with van der Waals surface area (Å²) in [5.74, 6) is -2.49. The predicted molar refractivity (Wildman–Crippen MR) is 80.6 cm³/mol. The first-order valence-corrected chi connectivity index (χ1v) is 7.23. The lowest BCUT2D eigenvalue weighted by molar-refractivity contribution is -0.197. The number of aromatic nitrogens is 4. The molecule has 0 amide bonds. The fourth-order valence-electron chi connectivity index (χ4n) is 2.80. The highest BCUT2D eigenvalue weighted by atomic mass is 19.2. The number of nitrogen functional groups attached to an aromatic ring is 1. The third kappa shape index (κ3) is 2.36. The van der Waals surface area contributed by atoms with E-state index in [2.05, 4.69) is 20.3 Å². The molecule has 0 unspecified atom stereocenters. The largest absolute Gasteiger partial charge is 0.390 e. The van der Waals surface area contributed by atoms with Crippen LogP contribution in [0.1, 0.15) is 6.92 Å². The first kappa shape index (κ1) is 16.7. The van der Waals surface area contributed by atoms with Crippen LogP contribution in [0.15, 0.2) is 6.33 Å². The van der Waals surface area contributed by atoms with Crippen LogP contribution in [0.2, 0.25) is 0 Å². The molecule has 2 aromatic heterocycles. The molecule has 5 N–H and O–H groups in total. The van der Waals surface area contributed by atoms with Crippen molar-refractivity contribution in [1.82, 2.24) is 19.5 Å². The summed E-state index contributed by atoms with van der Waals surface area (Å²) in [5, 5.41) is 21.7. The summed E-state index contributed by atoms with van der Waals surface area (Å²) >= 11 is 0. The maximum Gasteiger partial charge on any atom is 0.262 e. The smallest absolute Gasteiger partial charge is 0.262 e. The number of aliphatic hydroxyl groups is 2. The van der Waals surface area contributed by atoms with Gasteiger partial charge in [0.15, 0.2) is 28.8 Å². The number of hydrogen-bond donors (Lipinski definition) is 4. The van der Waals surface area contributed by atoms with Crippen molar-refractivity contribution in [3.05, 3.63) is 6.33 Å². The van der Waals surface area contributed by atoms with E-state index in [-0.39, 0.29) is 12.5 Å². The highest BCUT2D eigenvalue weighted by molar-refractivity contribution is 5.83. The minimum absolute atomic E-state index is 0.0146. The van der Waals surface area contributed by atoms with Gasteiger partial charge in [-0.15, -0.1) is 0 Å². The van der Waals surface area contributed by atoms with Gasteiger partial charge in [0.25, 0.3) is 5.85 Å². The van der Waals surface area contributed by atoms with E-state index in [4.69, 9.17) is 15.6 Å². The maximum absolute atomic E-state index is 14.7. The molecule has 4 atom stereocenters. The lowest BCUT2D eigenvalue weighted by Gasteiger charge is -2.24.